The number of halogens is 1. The van der Waals surface area contributed by atoms with Gasteiger partial charge in [0.1, 0.15) is 5.82 Å². The van der Waals surface area contributed by atoms with Crippen LogP contribution in [0.1, 0.15) is 24.5 Å². The van der Waals surface area contributed by atoms with Crippen LogP contribution in [-0.2, 0) is 4.74 Å². The topological polar surface area (TPSA) is 29.5 Å². The van der Waals surface area contributed by atoms with Crippen LogP contribution >= 0.6 is 0 Å². The van der Waals surface area contributed by atoms with Gasteiger partial charge >= 0.3 is 0 Å². The van der Waals surface area contributed by atoms with Gasteiger partial charge in [0.15, 0.2) is 0 Å². The lowest BCUT2D eigenvalue weighted by Crippen LogP contribution is -2.22. The molecule has 1 atom stereocenters. The molecule has 1 aliphatic rings. The normalized spacial score (nSPS) is 18.6. The minimum Gasteiger partial charge on any atom is -0.388 e. The third kappa shape index (κ3) is 2.36. The highest BCUT2D eigenvalue weighted by Crippen LogP contribution is 2.34. The number of rotatable bonds is 2. The molecule has 2 aromatic rings. The first-order chi connectivity index (χ1) is 9.27. The minimum absolute atomic E-state index is 0.197. The quantitative estimate of drug-likeness (QED) is 0.896. The van der Waals surface area contributed by atoms with Crippen LogP contribution in [0.25, 0.3) is 10.8 Å². The zero-order valence-corrected chi connectivity index (χ0v) is 10.7. The van der Waals surface area contributed by atoms with Gasteiger partial charge in [-0.25, -0.2) is 4.39 Å². The maximum atomic E-state index is 13.8. The van der Waals surface area contributed by atoms with Crippen molar-refractivity contribution in [1.82, 2.24) is 0 Å². The summed E-state index contributed by atoms with van der Waals surface area (Å²) < 4.78 is 19.1. The predicted octanol–water partition coefficient (Wildman–Crippen LogP) is 3.44. The molecular formula is C16H17FO2. The first-order valence-corrected chi connectivity index (χ1v) is 6.70. The summed E-state index contributed by atoms with van der Waals surface area (Å²) in [5, 5.41) is 11.9. The third-order valence-corrected chi connectivity index (χ3v) is 3.94. The van der Waals surface area contributed by atoms with E-state index in [0.717, 1.165) is 23.8 Å². The first-order valence-electron chi connectivity index (χ1n) is 6.70. The van der Waals surface area contributed by atoms with Crippen molar-refractivity contribution < 1.29 is 14.2 Å². The highest BCUT2D eigenvalue weighted by atomic mass is 19.1. The molecule has 0 saturated carbocycles. The van der Waals surface area contributed by atoms with E-state index >= 15 is 0 Å². The van der Waals surface area contributed by atoms with E-state index in [9.17, 15) is 9.50 Å². The monoisotopic (exact) mass is 260 g/mol. The summed E-state index contributed by atoms with van der Waals surface area (Å²) in [6, 6.07) is 10.5. The Labute approximate surface area is 111 Å². The lowest BCUT2D eigenvalue weighted by Gasteiger charge is -2.27. The maximum Gasteiger partial charge on any atom is 0.131 e. The molecule has 3 heteroatoms. The van der Waals surface area contributed by atoms with Crippen molar-refractivity contribution in [3.05, 3.63) is 47.8 Å². The second-order valence-electron chi connectivity index (χ2n) is 5.08. The highest BCUT2D eigenvalue weighted by Gasteiger charge is 2.25. The second kappa shape index (κ2) is 5.27. The molecule has 0 aliphatic carbocycles. The minimum atomic E-state index is -0.547. The second-order valence-corrected chi connectivity index (χ2v) is 5.08. The van der Waals surface area contributed by atoms with E-state index in [-0.39, 0.29) is 11.7 Å². The van der Waals surface area contributed by atoms with Gasteiger partial charge in [-0.1, -0.05) is 30.3 Å². The van der Waals surface area contributed by atoms with Crippen molar-refractivity contribution in [2.45, 2.75) is 18.9 Å². The zero-order valence-electron chi connectivity index (χ0n) is 10.7. The van der Waals surface area contributed by atoms with Crippen LogP contribution in [0.4, 0.5) is 4.39 Å². The molecule has 100 valence electrons. The standard InChI is InChI=1S/C16H17FO2/c17-15-6-5-14(12-3-1-2-4-13(12)15)16(18)11-7-9-19-10-8-11/h1-6,11,16,18H,7-10H2. The molecule has 1 N–H and O–H groups in total. The first kappa shape index (κ1) is 12.6. The lowest BCUT2D eigenvalue weighted by molar-refractivity contribution is 0.00771. The molecule has 1 fully saturated rings. The Kier molecular flexibility index (Phi) is 3.49. The van der Waals surface area contributed by atoms with E-state index in [1.165, 1.54) is 6.07 Å². The zero-order chi connectivity index (χ0) is 13.2. The molecule has 2 nitrogen and oxygen atoms in total. The van der Waals surface area contributed by atoms with Gasteiger partial charge in [0.2, 0.25) is 0 Å². The number of benzene rings is 2. The number of aliphatic hydroxyl groups excluding tert-OH is 1. The average molecular weight is 260 g/mol. The molecule has 0 spiro atoms. The highest BCUT2D eigenvalue weighted by molar-refractivity contribution is 5.86. The third-order valence-electron chi connectivity index (χ3n) is 3.94. The van der Waals surface area contributed by atoms with Gasteiger partial charge in [0, 0.05) is 18.6 Å². The SMILES string of the molecule is OC(c1ccc(F)c2ccccc12)C1CCOCC1. The van der Waals surface area contributed by atoms with E-state index in [4.69, 9.17) is 4.74 Å². The van der Waals surface area contributed by atoms with E-state index in [1.807, 2.05) is 18.2 Å². The number of ether oxygens (including phenoxy) is 1. The molecule has 1 unspecified atom stereocenters. The van der Waals surface area contributed by atoms with Crippen LogP contribution in [0.3, 0.4) is 0 Å². The largest absolute Gasteiger partial charge is 0.388 e. The van der Waals surface area contributed by atoms with E-state index in [0.29, 0.717) is 18.6 Å². The molecule has 0 aromatic heterocycles. The van der Waals surface area contributed by atoms with Crippen molar-refractivity contribution in [2.75, 3.05) is 13.2 Å². The van der Waals surface area contributed by atoms with Gasteiger partial charge in [-0.05, 0) is 35.8 Å². The van der Waals surface area contributed by atoms with Crippen LogP contribution in [0.15, 0.2) is 36.4 Å². The van der Waals surface area contributed by atoms with Crippen LogP contribution < -0.4 is 0 Å². The molecule has 0 amide bonds. The van der Waals surface area contributed by atoms with Crippen molar-refractivity contribution in [3.63, 3.8) is 0 Å². The summed E-state index contributed by atoms with van der Waals surface area (Å²) >= 11 is 0. The van der Waals surface area contributed by atoms with Crippen molar-refractivity contribution in [3.8, 4) is 0 Å². The number of hydrogen-bond donors (Lipinski definition) is 1. The van der Waals surface area contributed by atoms with Crippen molar-refractivity contribution in [2.24, 2.45) is 5.92 Å². The molecule has 3 rings (SSSR count). The molecule has 1 saturated heterocycles. The Bertz CT molecular complexity index is 576. The predicted molar refractivity (Wildman–Crippen MR) is 72.4 cm³/mol. The van der Waals surface area contributed by atoms with Crippen molar-refractivity contribution >= 4 is 10.8 Å². The Morgan fingerprint density at radius 1 is 1.05 bits per heavy atom. The van der Waals surface area contributed by atoms with Crippen molar-refractivity contribution in [1.29, 1.82) is 0 Å². The fraction of sp³-hybridized carbons (Fsp3) is 0.375. The Morgan fingerprint density at radius 3 is 2.47 bits per heavy atom. The Hall–Kier alpha value is -1.45. The van der Waals surface area contributed by atoms with Gasteiger partial charge in [-0.15, -0.1) is 0 Å². The van der Waals surface area contributed by atoms with Crippen LogP contribution in [0.2, 0.25) is 0 Å². The van der Waals surface area contributed by atoms with Gasteiger partial charge in [-0.2, -0.15) is 0 Å². The smallest absolute Gasteiger partial charge is 0.131 e. The maximum absolute atomic E-state index is 13.8. The summed E-state index contributed by atoms with van der Waals surface area (Å²) in [5.74, 6) is -0.0406. The van der Waals surface area contributed by atoms with E-state index < -0.39 is 6.10 Å². The summed E-state index contributed by atoms with van der Waals surface area (Å²) in [4.78, 5) is 0. The molecule has 2 aromatic carbocycles. The molecule has 0 radical (unpaired) electrons. The van der Waals surface area contributed by atoms with Gasteiger partial charge in [0.05, 0.1) is 6.10 Å². The Balaban J connectivity index is 2.02. The van der Waals surface area contributed by atoms with Crippen LogP contribution in [0, 0.1) is 11.7 Å². The molecule has 1 heterocycles. The fourth-order valence-electron chi connectivity index (χ4n) is 2.83. The summed E-state index contributed by atoms with van der Waals surface area (Å²) in [6.45, 7) is 1.39. The Morgan fingerprint density at radius 2 is 1.74 bits per heavy atom. The average Bonchev–Trinajstić information content (AvgIpc) is 2.48. The van der Waals surface area contributed by atoms with E-state index in [1.54, 1.807) is 12.1 Å². The molecule has 19 heavy (non-hydrogen) atoms. The fourth-order valence-corrected chi connectivity index (χ4v) is 2.83. The van der Waals surface area contributed by atoms with Gasteiger partial charge in [0.25, 0.3) is 0 Å². The summed E-state index contributed by atoms with van der Waals surface area (Å²) in [7, 11) is 0. The summed E-state index contributed by atoms with van der Waals surface area (Å²) in [6.07, 6.45) is 1.16. The lowest BCUT2D eigenvalue weighted by atomic mass is 9.87. The van der Waals surface area contributed by atoms with Crippen LogP contribution in [0.5, 0.6) is 0 Å². The molecular weight excluding hydrogens is 243 g/mol. The van der Waals surface area contributed by atoms with Gasteiger partial charge < -0.3 is 9.84 Å². The van der Waals surface area contributed by atoms with Crippen LogP contribution in [-0.4, -0.2) is 18.3 Å². The van der Waals surface area contributed by atoms with E-state index in [2.05, 4.69) is 0 Å². The molecule has 0 bridgehead atoms. The molecule has 1 aliphatic heterocycles. The number of hydrogen-bond acceptors (Lipinski definition) is 2. The summed E-state index contributed by atoms with van der Waals surface area (Å²) in [5.41, 5.74) is 0.823. The number of aliphatic hydroxyl groups is 1. The number of fused-ring (bicyclic) bond motifs is 1. The van der Waals surface area contributed by atoms with Gasteiger partial charge in [-0.3, -0.25) is 0 Å².